The van der Waals surface area contributed by atoms with Gasteiger partial charge in [0.05, 0.1) is 10.0 Å². The topological polar surface area (TPSA) is 9.23 Å². The van der Waals surface area contributed by atoms with E-state index < -0.39 is 0 Å². The van der Waals surface area contributed by atoms with E-state index in [9.17, 15) is 0 Å². The fraction of sp³-hybridized carbons (Fsp3) is 0. The third kappa shape index (κ3) is 2.52. The molecule has 4 aromatic carbocycles. The average Bonchev–Trinajstić information content (AvgIpc) is 2.59. The molecule has 0 aliphatic carbocycles. The van der Waals surface area contributed by atoms with Gasteiger partial charge >= 0.3 is 0 Å². The average molecular weight is 339 g/mol. The smallest absolute Gasteiger partial charge is 0.153 e. The Hall–Kier alpha value is -2.22. The van der Waals surface area contributed by atoms with Gasteiger partial charge in [-0.3, -0.25) is 0 Å². The molecule has 0 unspecified atom stereocenters. The van der Waals surface area contributed by atoms with Crippen molar-refractivity contribution in [2.24, 2.45) is 0 Å². The molecule has 0 radical (unpaired) electrons. The lowest BCUT2D eigenvalue weighted by Gasteiger charge is -2.14. The zero-order valence-electron chi connectivity index (χ0n) is 12.1. The summed E-state index contributed by atoms with van der Waals surface area (Å²) in [5, 5.41) is 5.19. The molecule has 0 spiro atoms. The van der Waals surface area contributed by atoms with Crippen molar-refractivity contribution in [2.45, 2.75) is 0 Å². The molecule has 0 fully saturated rings. The minimum atomic E-state index is 0.563. The second-order valence-electron chi connectivity index (χ2n) is 5.30. The van der Waals surface area contributed by atoms with Crippen molar-refractivity contribution in [1.82, 2.24) is 0 Å². The summed E-state index contributed by atoms with van der Waals surface area (Å²) in [7, 11) is 0. The normalized spacial score (nSPS) is 11.0. The van der Waals surface area contributed by atoms with Crippen molar-refractivity contribution in [3.05, 3.63) is 82.8 Å². The van der Waals surface area contributed by atoms with E-state index in [1.54, 1.807) is 0 Å². The van der Waals surface area contributed by atoms with Gasteiger partial charge in [0.1, 0.15) is 0 Å². The zero-order valence-corrected chi connectivity index (χ0v) is 13.6. The highest BCUT2D eigenvalue weighted by molar-refractivity contribution is 6.34. The number of hydrogen-bond donors (Lipinski definition) is 0. The first-order valence-electron chi connectivity index (χ1n) is 7.26. The summed E-state index contributed by atoms with van der Waals surface area (Å²) >= 11 is 12.8. The molecule has 4 aromatic rings. The van der Waals surface area contributed by atoms with Crippen molar-refractivity contribution >= 4 is 44.7 Å². The van der Waals surface area contributed by atoms with Crippen LogP contribution in [0.5, 0.6) is 11.5 Å². The molecule has 3 heteroatoms. The lowest BCUT2D eigenvalue weighted by Crippen LogP contribution is -1.90. The van der Waals surface area contributed by atoms with Crippen LogP contribution in [0.1, 0.15) is 0 Å². The summed E-state index contributed by atoms with van der Waals surface area (Å²) in [4.78, 5) is 0. The SMILES string of the molecule is Clc1ccc2ccccc2c1Oc1c(Cl)ccc2ccccc12. The molecule has 0 aliphatic rings. The molecule has 0 saturated carbocycles. The molecule has 0 aromatic heterocycles. The first-order chi connectivity index (χ1) is 11.2. The molecule has 0 bridgehead atoms. The second-order valence-corrected chi connectivity index (χ2v) is 6.11. The Morgan fingerprint density at radius 1 is 0.522 bits per heavy atom. The van der Waals surface area contributed by atoms with Crippen molar-refractivity contribution < 1.29 is 4.74 Å². The fourth-order valence-corrected chi connectivity index (χ4v) is 3.15. The summed E-state index contributed by atoms with van der Waals surface area (Å²) in [6.07, 6.45) is 0. The molecule has 1 nitrogen and oxygen atoms in total. The van der Waals surface area contributed by atoms with Crippen molar-refractivity contribution in [1.29, 1.82) is 0 Å². The van der Waals surface area contributed by atoms with Crippen LogP contribution in [0.4, 0.5) is 0 Å². The van der Waals surface area contributed by atoms with Crippen LogP contribution in [0.3, 0.4) is 0 Å². The van der Waals surface area contributed by atoms with E-state index in [1.165, 1.54) is 0 Å². The summed E-state index contributed by atoms with van der Waals surface area (Å²) < 4.78 is 6.20. The number of fused-ring (bicyclic) bond motifs is 2. The van der Waals surface area contributed by atoms with Gasteiger partial charge in [-0.25, -0.2) is 0 Å². The third-order valence-electron chi connectivity index (χ3n) is 3.87. The zero-order chi connectivity index (χ0) is 15.8. The van der Waals surface area contributed by atoms with E-state index >= 15 is 0 Å². The molecule has 4 rings (SSSR count). The highest BCUT2D eigenvalue weighted by Crippen LogP contribution is 2.42. The quantitative estimate of drug-likeness (QED) is 0.379. The Labute approximate surface area is 144 Å². The Morgan fingerprint density at radius 2 is 0.957 bits per heavy atom. The molecule has 0 N–H and O–H groups in total. The van der Waals surface area contributed by atoms with E-state index in [1.807, 2.05) is 72.8 Å². The molecule has 112 valence electrons. The Kier molecular flexibility index (Phi) is 3.60. The summed E-state index contributed by atoms with van der Waals surface area (Å²) in [5.74, 6) is 1.26. The number of rotatable bonds is 2. The Balaban J connectivity index is 1.95. The summed E-state index contributed by atoms with van der Waals surface area (Å²) in [6.45, 7) is 0. The second kappa shape index (κ2) is 5.77. The molecule has 23 heavy (non-hydrogen) atoms. The van der Waals surface area contributed by atoms with Crippen LogP contribution in [0.15, 0.2) is 72.8 Å². The minimum absolute atomic E-state index is 0.563. The number of ether oxygens (including phenoxy) is 1. The summed E-state index contributed by atoms with van der Waals surface area (Å²) in [5.41, 5.74) is 0. The molecule has 0 atom stereocenters. The van der Waals surface area contributed by atoms with Crippen molar-refractivity contribution in [2.75, 3.05) is 0 Å². The highest BCUT2D eigenvalue weighted by atomic mass is 35.5. The van der Waals surface area contributed by atoms with Gasteiger partial charge in [-0.15, -0.1) is 0 Å². The van der Waals surface area contributed by atoms with Gasteiger partial charge in [-0.1, -0.05) is 83.9 Å². The van der Waals surface area contributed by atoms with Crippen LogP contribution >= 0.6 is 23.2 Å². The Morgan fingerprint density at radius 3 is 1.43 bits per heavy atom. The van der Waals surface area contributed by atoms with Gasteiger partial charge in [0, 0.05) is 10.8 Å². The van der Waals surface area contributed by atoms with Gasteiger partial charge in [0.2, 0.25) is 0 Å². The number of benzene rings is 4. The molecule has 0 heterocycles. The van der Waals surface area contributed by atoms with Crippen molar-refractivity contribution in [3.63, 3.8) is 0 Å². The molecule has 0 saturated heterocycles. The monoisotopic (exact) mass is 338 g/mol. The van der Waals surface area contributed by atoms with Gasteiger partial charge in [0.15, 0.2) is 11.5 Å². The lowest BCUT2D eigenvalue weighted by molar-refractivity contribution is 0.494. The van der Waals surface area contributed by atoms with E-state index in [-0.39, 0.29) is 0 Å². The van der Waals surface area contributed by atoms with Crippen LogP contribution in [0.25, 0.3) is 21.5 Å². The van der Waals surface area contributed by atoms with Crippen LogP contribution in [0.2, 0.25) is 10.0 Å². The van der Waals surface area contributed by atoms with Gasteiger partial charge in [-0.05, 0) is 22.9 Å². The maximum Gasteiger partial charge on any atom is 0.153 e. The van der Waals surface area contributed by atoms with Crippen LogP contribution in [-0.2, 0) is 0 Å². The fourth-order valence-electron chi connectivity index (χ4n) is 2.74. The maximum atomic E-state index is 6.39. The lowest BCUT2D eigenvalue weighted by atomic mass is 10.1. The van der Waals surface area contributed by atoms with E-state index in [4.69, 9.17) is 27.9 Å². The van der Waals surface area contributed by atoms with Crippen LogP contribution < -0.4 is 4.74 Å². The van der Waals surface area contributed by atoms with E-state index in [2.05, 4.69) is 0 Å². The standard InChI is InChI=1S/C20H12Cl2O/c21-17-11-9-13-5-1-3-7-15(13)19(17)23-20-16-8-4-2-6-14(16)10-12-18(20)22/h1-12H. The summed E-state index contributed by atoms with van der Waals surface area (Å²) in [6, 6.07) is 23.6. The maximum absolute atomic E-state index is 6.39. The van der Waals surface area contributed by atoms with Crippen LogP contribution in [0, 0.1) is 0 Å². The number of halogens is 2. The number of hydrogen-bond acceptors (Lipinski definition) is 1. The van der Waals surface area contributed by atoms with E-state index in [0.29, 0.717) is 21.5 Å². The van der Waals surface area contributed by atoms with Gasteiger partial charge < -0.3 is 4.74 Å². The minimum Gasteiger partial charge on any atom is -0.453 e. The van der Waals surface area contributed by atoms with Gasteiger partial charge in [-0.2, -0.15) is 0 Å². The predicted molar refractivity (Wildman–Crippen MR) is 98.0 cm³/mol. The first-order valence-corrected chi connectivity index (χ1v) is 8.02. The van der Waals surface area contributed by atoms with Gasteiger partial charge in [0.25, 0.3) is 0 Å². The molecule has 0 amide bonds. The first kappa shape index (κ1) is 14.4. The van der Waals surface area contributed by atoms with Crippen LogP contribution in [-0.4, -0.2) is 0 Å². The molecular formula is C20H12Cl2O. The Bertz CT molecular complexity index is 941. The highest BCUT2D eigenvalue weighted by Gasteiger charge is 2.13. The van der Waals surface area contributed by atoms with Crippen molar-refractivity contribution in [3.8, 4) is 11.5 Å². The predicted octanol–water partition coefficient (Wildman–Crippen LogP) is 7.09. The molecular weight excluding hydrogens is 327 g/mol. The third-order valence-corrected chi connectivity index (χ3v) is 4.46. The van der Waals surface area contributed by atoms with E-state index in [0.717, 1.165) is 21.5 Å². The largest absolute Gasteiger partial charge is 0.453 e. The molecule has 0 aliphatic heterocycles.